The van der Waals surface area contributed by atoms with Crippen LogP contribution in [-0.2, 0) is 16.1 Å². The highest BCUT2D eigenvalue weighted by molar-refractivity contribution is 5.95. The first kappa shape index (κ1) is 21.3. The van der Waals surface area contributed by atoms with Crippen molar-refractivity contribution in [3.63, 3.8) is 0 Å². The van der Waals surface area contributed by atoms with Crippen LogP contribution in [0.2, 0.25) is 0 Å². The van der Waals surface area contributed by atoms with Crippen molar-refractivity contribution in [2.75, 3.05) is 27.8 Å². The van der Waals surface area contributed by atoms with Gasteiger partial charge in [0.25, 0.3) is 5.91 Å². The molecule has 2 aromatic rings. The zero-order valence-corrected chi connectivity index (χ0v) is 17.1. The van der Waals surface area contributed by atoms with Crippen LogP contribution < -0.4 is 9.47 Å². The molecule has 1 atom stereocenters. The van der Waals surface area contributed by atoms with E-state index in [-0.39, 0.29) is 25.0 Å². The molecule has 28 heavy (non-hydrogen) atoms. The number of ether oxygens (including phenoxy) is 3. The van der Waals surface area contributed by atoms with Gasteiger partial charge in [0.05, 0.1) is 31.4 Å². The van der Waals surface area contributed by atoms with Crippen molar-refractivity contribution in [2.24, 2.45) is 5.92 Å². The van der Waals surface area contributed by atoms with Gasteiger partial charge in [-0.15, -0.1) is 0 Å². The molecule has 0 unspecified atom stereocenters. The van der Waals surface area contributed by atoms with Crippen LogP contribution in [-0.4, -0.2) is 49.7 Å². The molecular formula is C20H26N2O6. The highest BCUT2D eigenvalue weighted by atomic mass is 16.5. The number of rotatable bonds is 8. The lowest BCUT2D eigenvalue weighted by atomic mass is 10.1. The standard InChI is InChI=1S/C20H26N2O6/c1-12(20(24)26-6)10-22(4)19(23)15-7-8-17(18(9-15)25-5)27-11-16-13(2)21-28-14(16)3/h7-9,12H,10-11H2,1-6H3/t12-/m0/s1. The number of carbonyl (C=O) groups is 2. The number of amides is 1. The highest BCUT2D eigenvalue weighted by Crippen LogP contribution is 2.30. The Bertz CT molecular complexity index is 826. The number of benzene rings is 1. The highest BCUT2D eigenvalue weighted by Gasteiger charge is 2.21. The quantitative estimate of drug-likeness (QED) is 0.640. The van der Waals surface area contributed by atoms with Gasteiger partial charge >= 0.3 is 5.97 Å². The molecule has 1 aromatic carbocycles. The third-order valence-corrected chi connectivity index (χ3v) is 4.46. The van der Waals surface area contributed by atoms with Gasteiger partial charge < -0.3 is 23.6 Å². The van der Waals surface area contributed by atoms with Gasteiger partial charge in [-0.2, -0.15) is 0 Å². The molecule has 0 aliphatic heterocycles. The Morgan fingerprint density at radius 2 is 1.93 bits per heavy atom. The molecule has 0 N–H and O–H groups in total. The molecule has 152 valence electrons. The fourth-order valence-corrected chi connectivity index (χ4v) is 2.77. The number of methoxy groups -OCH3 is 2. The van der Waals surface area contributed by atoms with Crippen molar-refractivity contribution in [3.05, 3.63) is 40.8 Å². The zero-order valence-electron chi connectivity index (χ0n) is 17.1. The van der Waals surface area contributed by atoms with Crippen LogP contribution in [0.1, 0.15) is 34.3 Å². The van der Waals surface area contributed by atoms with Crippen molar-refractivity contribution < 1.29 is 28.3 Å². The SMILES string of the molecule is COC(=O)[C@@H](C)CN(C)C(=O)c1ccc(OCc2c(C)noc2C)c(OC)c1. The second kappa shape index (κ2) is 9.25. The number of nitrogens with zero attached hydrogens (tertiary/aromatic N) is 2. The van der Waals surface area contributed by atoms with E-state index in [1.54, 1.807) is 32.2 Å². The van der Waals surface area contributed by atoms with Crippen molar-refractivity contribution in [1.82, 2.24) is 10.1 Å². The molecular weight excluding hydrogens is 364 g/mol. The first-order valence-corrected chi connectivity index (χ1v) is 8.84. The summed E-state index contributed by atoms with van der Waals surface area (Å²) >= 11 is 0. The van der Waals surface area contributed by atoms with Gasteiger partial charge in [0.1, 0.15) is 12.4 Å². The summed E-state index contributed by atoms with van der Waals surface area (Å²) in [5, 5.41) is 3.90. The monoisotopic (exact) mass is 390 g/mol. The third-order valence-electron chi connectivity index (χ3n) is 4.46. The predicted molar refractivity (Wildman–Crippen MR) is 101 cm³/mol. The van der Waals surface area contributed by atoms with Crippen LogP contribution in [0, 0.1) is 19.8 Å². The summed E-state index contributed by atoms with van der Waals surface area (Å²) in [5.74, 6) is 0.631. The minimum Gasteiger partial charge on any atom is -0.493 e. The first-order chi connectivity index (χ1) is 13.3. The van der Waals surface area contributed by atoms with Crippen molar-refractivity contribution in [1.29, 1.82) is 0 Å². The van der Waals surface area contributed by atoms with Gasteiger partial charge in [0, 0.05) is 19.2 Å². The van der Waals surface area contributed by atoms with Crippen LogP contribution in [0.25, 0.3) is 0 Å². The van der Waals surface area contributed by atoms with E-state index < -0.39 is 5.92 Å². The number of aromatic nitrogens is 1. The zero-order chi connectivity index (χ0) is 20.8. The van der Waals surface area contributed by atoms with E-state index in [0.717, 1.165) is 11.3 Å². The average Bonchev–Trinajstić information content (AvgIpc) is 3.02. The largest absolute Gasteiger partial charge is 0.493 e. The summed E-state index contributed by atoms with van der Waals surface area (Å²) < 4.78 is 21.0. The minimum absolute atomic E-state index is 0.230. The van der Waals surface area contributed by atoms with Gasteiger partial charge in [-0.25, -0.2) is 0 Å². The van der Waals surface area contributed by atoms with Crippen molar-refractivity contribution in [3.8, 4) is 11.5 Å². The number of carbonyl (C=O) groups excluding carboxylic acids is 2. The summed E-state index contributed by atoms with van der Waals surface area (Å²) in [4.78, 5) is 25.7. The number of esters is 1. The van der Waals surface area contributed by atoms with E-state index in [2.05, 4.69) is 5.16 Å². The number of hydrogen-bond donors (Lipinski definition) is 0. The maximum atomic E-state index is 12.7. The van der Waals surface area contributed by atoms with Crippen LogP contribution in [0.3, 0.4) is 0 Å². The Morgan fingerprint density at radius 1 is 1.21 bits per heavy atom. The van der Waals surface area contributed by atoms with Gasteiger partial charge in [0.2, 0.25) is 0 Å². The fraction of sp³-hybridized carbons (Fsp3) is 0.450. The van der Waals surface area contributed by atoms with Gasteiger partial charge in [0.15, 0.2) is 11.5 Å². The van der Waals surface area contributed by atoms with Crippen LogP contribution in [0.5, 0.6) is 11.5 Å². The van der Waals surface area contributed by atoms with E-state index in [4.69, 9.17) is 18.7 Å². The molecule has 0 saturated carbocycles. The van der Waals surface area contributed by atoms with Gasteiger partial charge in [-0.1, -0.05) is 12.1 Å². The summed E-state index contributed by atoms with van der Waals surface area (Å²) in [6, 6.07) is 4.96. The molecule has 0 bridgehead atoms. The number of aryl methyl sites for hydroxylation is 2. The topological polar surface area (TPSA) is 91.1 Å². The number of hydrogen-bond acceptors (Lipinski definition) is 7. The Balaban J connectivity index is 2.11. The summed E-state index contributed by atoms with van der Waals surface area (Å²) in [6.07, 6.45) is 0. The molecule has 0 spiro atoms. The maximum absolute atomic E-state index is 12.7. The van der Waals surface area contributed by atoms with Crippen molar-refractivity contribution in [2.45, 2.75) is 27.4 Å². The van der Waals surface area contributed by atoms with E-state index >= 15 is 0 Å². The Labute approximate surface area is 164 Å². The molecule has 2 rings (SSSR count). The Morgan fingerprint density at radius 3 is 2.50 bits per heavy atom. The molecule has 0 fully saturated rings. The molecule has 0 radical (unpaired) electrons. The Kier molecular flexibility index (Phi) is 7.03. The van der Waals surface area contributed by atoms with E-state index in [0.29, 0.717) is 22.8 Å². The summed E-state index contributed by atoms with van der Waals surface area (Å²) in [6.45, 7) is 5.91. The lowest BCUT2D eigenvalue weighted by Crippen LogP contribution is -2.34. The smallest absolute Gasteiger partial charge is 0.310 e. The molecule has 0 aliphatic carbocycles. The maximum Gasteiger partial charge on any atom is 0.310 e. The third kappa shape index (κ3) is 4.82. The molecule has 1 amide bonds. The fourth-order valence-electron chi connectivity index (χ4n) is 2.77. The molecule has 8 nitrogen and oxygen atoms in total. The predicted octanol–water partition coefficient (Wildman–Crippen LogP) is 2.76. The molecule has 1 heterocycles. The van der Waals surface area contributed by atoms with Crippen LogP contribution >= 0.6 is 0 Å². The van der Waals surface area contributed by atoms with Crippen molar-refractivity contribution >= 4 is 11.9 Å². The molecule has 0 saturated heterocycles. The van der Waals surface area contributed by atoms with Gasteiger partial charge in [-0.3, -0.25) is 9.59 Å². The van der Waals surface area contributed by atoms with Crippen LogP contribution in [0.15, 0.2) is 22.7 Å². The second-order valence-corrected chi connectivity index (χ2v) is 6.57. The van der Waals surface area contributed by atoms with E-state index in [1.807, 2.05) is 13.8 Å². The first-order valence-electron chi connectivity index (χ1n) is 8.84. The average molecular weight is 390 g/mol. The normalized spacial score (nSPS) is 11.6. The lowest BCUT2D eigenvalue weighted by Gasteiger charge is -2.21. The summed E-state index contributed by atoms with van der Waals surface area (Å²) in [5.41, 5.74) is 2.07. The second-order valence-electron chi connectivity index (χ2n) is 6.57. The molecule has 0 aliphatic rings. The molecule has 8 heteroatoms. The van der Waals surface area contributed by atoms with E-state index in [9.17, 15) is 9.59 Å². The lowest BCUT2D eigenvalue weighted by molar-refractivity contribution is -0.145. The Hall–Kier alpha value is -3.03. The van der Waals surface area contributed by atoms with Crippen LogP contribution in [0.4, 0.5) is 0 Å². The van der Waals surface area contributed by atoms with Gasteiger partial charge in [-0.05, 0) is 32.0 Å². The minimum atomic E-state index is -0.418. The van der Waals surface area contributed by atoms with E-state index in [1.165, 1.54) is 19.1 Å². The summed E-state index contributed by atoms with van der Waals surface area (Å²) in [7, 11) is 4.47. The molecule has 1 aromatic heterocycles.